The molecule has 2 aromatic carbocycles. The first-order valence-corrected chi connectivity index (χ1v) is 33.4. The van der Waals surface area contributed by atoms with Gasteiger partial charge in [-0.15, -0.1) is 16.9 Å². The van der Waals surface area contributed by atoms with Gasteiger partial charge in [0.1, 0.15) is 41.9 Å². The number of nitrogens with two attached hydrogens (primary N) is 1. The molecule has 3 fully saturated rings. The highest BCUT2D eigenvalue weighted by Gasteiger charge is 2.43. The number of fused-ring (bicyclic) bond motifs is 2. The van der Waals surface area contributed by atoms with E-state index in [9.17, 15) is 83.1 Å². The molecule has 3 aromatic rings. The Balaban J connectivity index is 1.24. The molecule has 0 aliphatic carbocycles. The number of imide groups is 1. The van der Waals surface area contributed by atoms with Crippen LogP contribution in [0.3, 0.4) is 0 Å². The van der Waals surface area contributed by atoms with Crippen molar-refractivity contribution < 1.29 is 97.4 Å². The number of ketones is 2. The Morgan fingerprint density at radius 1 is 0.660 bits per heavy atom. The average Bonchev–Trinajstić information content (AvgIpc) is 1.64. The molecular weight excluding hydrogens is 1330 g/mol. The molecule has 36 heteroatoms. The number of β-amino-alcohol motifs (C(OH)–C–C–N with tert-alkyl or cyclic N) is 2. The predicted molar refractivity (Wildman–Crippen MR) is 350 cm³/mol. The number of nitrogens with zero attached hydrogens (tertiary/aromatic N) is 12. The van der Waals surface area contributed by atoms with Crippen LogP contribution < -0.4 is 16.4 Å². The zero-order chi connectivity index (χ0) is 72.7. The molecule has 2 bridgehead atoms. The van der Waals surface area contributed by atoms with Gasteiger partial charge in [-0.3, -0.25) is 76.9 Å². The highest BCUT2D eigenvalue weighted by molar-refractivity contribution is 8.00. The second kappa shape index (κ2) is 37.4. The van der Waals surface area contributed by atoms with E-state index in [1.54, 1.807) is 31.2 Å². The lowest BCUT2D eigenvalue weighted by molar-refractivity contribution is -0.148. The summed E-state index contributed by atoms with van der Waals surface area (Å²) in [5, 5.41) is 63.6. The molecule has 1 aromatic heterocycles. The number of rotatable bonds is 21. The number of carbonyl (C=O) groups is 14. The van der Waals surface area contributed by atoms with Crippen LogP contribution in [0.2, 0.25) is 0 Å². The number of hydrogen-bond donors (Lipinski definition) is 8. The fraction of sp³-hybridized carbons (Fsp3) is 0.531. The molecule has 12 amide bonds. The number of aliphatic hydroxyl groups excluding tert-OH is 3. The van der Waals surface area contributed by atoms with E-state index in [4.69, 9.17) is 10.5 Å². The van der Waals surface area contributed by atoms with Crippen molar-refractivity contribution in [3.8, 4) is 11.5 Å². The fourth-order valence-electron chi connectivity index (χ4n) is 11.2. The third-order valence-corrected chi connectivity index (χ3v) is 18.0. The number of nitrogens with one attached hydrogen (secondary N) is 2. The molecule has 100 heavy (non-hydrogen) atoms. The van der Waals surface area contributed by atoms with Crippen molar-refractivity contribution >= 4 is 94.2 Å². The number of carbonyl (C=O) groups excluding carboxylic acids is 14. The summed E-state index contributed by atoms with van der Waals surface area (Å²) in [4.78, 5) is 202. The molecule has 0 saturated carbocycles. The molecular formula is C64H85N15O20S. The number of thioether (sulfide) groups is 1. The van der Waals surface area contributed by atoms with E-state index in [2.05, 4.69) is 20.9 Å². The summed E-state index contributed by atoms with van der Waals surface area (Å²) in [6.07, 6.45) is -0.180. The van der Waals surface area contributed by atoms with E-state index in [-0.39, 0.29) is 93.7 Å². The number of Topliss-reactive ketones (excluding diaryl/α,β-unsaturated/α-hetero) is 2. The van der Waals surface area contributed by atoms with Crippen molar-refractivity contribution in [1.82, 2.24) is 69.7 Å². The number of aromatic nitrogens is 3. The highest BCUT2D eigenvalue weighted by Crippen LogP contribution is 2.34. The molecule has 3 saturated heterocycles. The smallest absolute Gasteiger partial charge is 0.243 e. The molecule has 4 unspecified atom stereocenters. The molecule has 4 atom stereocenters. The summed E-state index contributed by atoms with van der Waals surface area (Å²) in [6.45, 7) is -8.94. The van der Waals surface area contributed by atoms with Crippen molar-refractivity contribution in [3.63, 3.8) is 0 Å². The summed E-state index contributed by atoms with van der Waals surface area (Å²) in [5.41, 5.74) is 7.51. The van der Waals surface area contributed by atoms with Crippen LogP contribution in [-0.2, 0) is 91.2 Å². The molecule has 9 N–H and O–H groups in total. The number of phenols is 2. The second-order valence-corrected chi connectivity index (χ2v) is 25.5. The highest BCUT2D eigenvalue weighted by atomic mass is 32.2. The van der Waals surface area contributed by atoms with Gasteiger partial charge < -0.3 is 80.9 Å². The Hall–Kier alpha value is -9.75. The minimum absolute atomic E-state index is 0.0174. The largest absolute Gasteiger partial charge is 0.508 e. The summed E-state index contributed by atoms with van der Waals surface area (Å²) < 4.78 is 7.41. The SMILES string of the molecule is CC(=O)CNC(=O)CN1CCSC2CC(=O)N(CCC(=O)NCC(=O)N(CCc3ccc(O)cc3)CC(=O)N(CCO)CC(=O)N(Cc3cn(C4CC(N5C=C(C)C(=O)CC5=O)OC4CO)nn3)CC(=O)N(CCc3ccc(O)cc3)CC(=O)N(CCN)CC(=O)N(CCO)CC1=O)C2=O. The number of ether oxygens (including phenoxy) is 1. The third kappa shape index (κ3) is 22.4. The first-order valence-electron chi connectivity index (χ1n) is 32.4. The summed E-state index contributed by atoms with van der Waals surface area (Å²) in [5.74, 6) is -10.5. The minimum Gasteiger partial charge on any atom is -0.508 e. The Morgan fingerprint density at radius 2 is 1.18 bits per heavy atom. The normalized spacial score (nSPS) is 21.0. The van der Waals surface area contributed by atoms with Crippen LogP contribution in [0.4, 0.5) is 0 Å². The van der Waals surface area contributed by atoms with Crippen LogP contribution in [-0.4, -0.2) is 321 Å². The van der Waals surface area contributed by atoms with Crippen molar-refractivity contribution in [2.24, 2.45) is 5.73 Å². The van der Waals surface area contributed by atoms with E-state index in [0.717, 1.165) is 51.0 Å². The van der Waals surface area contributed by atoms with Crippen LogP contribution in [0.5, 0.6) is 11.5 Å². The maximum atomic E-state index is 15.2. The first-order chi connectivity index (χ1) is 47.8. The van der Waals surface area contributed by atoms with Gasteiger partial charge in [-0.2, -0.15) is 0 Å². The van der Waals surface area contributed by atoms with Gasteiger partial charge in [0.25, 0.3) is 0 Å². The van der Waals surface area contributed by atoms with Gasteiger partial charge in [0.05, 0.1) is 103 Å². The minimum atomic E-state index is -1.000. The maximum Gasteiger partial charge on any atom is 0.243 e. The predicted octanol–water partition coefficient (Wildman–Crippen LogP) is -5.14. The van der Waals surface area contributed by atoms with Crippen LogP contribution >= 0.6 is 11.8 Å². The van der Waals surface area contributed by atoms with Gasteiger partial charge in [0.15, 0.2) is 5.78 Å². The van der Waals surface area contributed by atoms with Crippen molar-refractivity contribution in [1.29, 1.82) is 0 Å². The summed E-state index contributed by atoms with van der Waals surface area (Å²) >= 11 is 0.965. The molecule has 0 radical (unpaired) electrons. The molecule has 7 rings (SSSR count). The van der Waals surface area contributed by atoms with Crippen molar-refractivity contribution in [3.05, 3.63) is 83.3 Å². The molecule has 5 heterocycles. The van der Waals surface area contributed by atoms with Crippen LogP contribution in [0, 0.1) is 0 Å². The van der Waals surface area contributed by atoms with Gasteiger partial charge in [-0.05, 0) is 62.1 Å². The number of allylic oxidation sites excluding steroid dienone is 1. The Bertz CT molecular complexity index is 3520. The van der Waals surface area contributed by atoms with Gasteiger partial charge in [-0.25, -0.2) is 4.68 Å². The topological polar surface area (TPSA) is 459 Å². The quantitative estimate of drug-likeness (QED) is 0.0365. The third-order valence-electron chi connectivity index (χ3n) is 16.8. The molecule has 0 spiro atoms. The number of benzene rings is 2. The van der Waals surface area contributed by atoms with Gasteiger partial charge in [-0.1, -0.05) is 29.5 Å². The van der Waals surface area contributed by atoms with Gasteiger partial charge >= 0.3 is 0 Å². The number of aromatic hydroxyl groups is 2. The standard InChI is InChI=1S/C64H85N15O20S/c1-41-30-78(54(89)26-49(41)86)63-25-48(50(40-82)99-63)79-32-45(68-69-79)31-76-39-61(96)71(16-12-44-5-9-47(85)10-6-44)35-57(92)72(18-14-65)36-59(94)73(19-22-80)37-60(95)75(33-53(88)66-28-42(2)83)21-24-100-51-27-55(90)77(64(51)98)17-13-52(87)67-29-56(91)70(15-11-43-3-7-46(84)8-4-43)34-58(93)74(20-23-81)38-62(76)97/h3-10,30,32,48,50-51,63,80-82,84-85H,11-29,31,33-40,65H2,1-2H3,(H,66,88)(H,67,87). The van der Waals surface area contributed by atoms with Gasteiger partial charge in [0, 0.05) is 89.1 Å². The van der Waals surface area contributed by atoms with E-state index in [0.29, 0.717) is 16.7 Å². The van der Waals surface area contributed by atoms with Crippen molar-refractivity contribution in [2.75, 3.05) is 137 Å². The molecule has 542 valence electrons. The average molecular weight is 1420 g/mol. The number of phenolic OH excluding ortho intramolecular Hbond substituents is 2. The summed E-state index contributed by atoms with van der Waals surface area (Å²) in [6, 6.07) is 11.1. The lowest BCUT2D eigenvalue weighted by atomic mass is 10.1. The molecule has 4 aliphatic rings. The number of hydrogen-bond acceptors (Lipinski definition) is 24. The number of aliphatic hydroxyl groups is 3. The van der Waals surface area contributed by atoms with E-state index in [1.165, 1.54) is 53.2 Å². The molecule has 4 aliphatic heterocycles. The Kier molecular flexibility index (Phi) is 29.1. The van der Waals surface area contributed by atoms with Crippen LogP contribution in [0.1, 0.15) is 62.4 Å². The number of amides is 12. The monoisotopic (exact) mass is 1420 g/mol. The second-order valence-electron chi connectivity index (χ2n) is 24.2. The van der Waals surface area contributed by atoms with E-state index in [1.807, 2.05) is 0 Å². The lowest BCUT2D eigenvalue weighted by Crippen LogP contribution is -2.53. The van der Waals surface area contributed by atoms with Crippen LogP contribution in [0.15, 0.2) is 66.5 Å². The fourth-order valence-corrected chi connectivity index (χ4v) is 12.4. The van der Waals surface area contributed by atoms with E-state index < -0.39 is 211 Å². The zero-order valence-electron chi connectivity index (χ0n) is 55.6. The molecule has 35 nitrogen and oxygen atoms in total. The van der Waals surface area contributed by atoms with Crippen LogP contribution in [0.25, 0.3) is 0 Å². The lowest BCUT2D eigenvalue weighted by Gasteiger charge is -2.32. The Morgan fingerprint density at radius 3 is 1.72 bits per heavy atom. The van der Waals surface area contributed by atoms with Gasteiger partial charge in [0.2, 0.25) is 70.9 Å². The summed E-state index contributed by atoms with van der Waals surface area (Å²) in [7, 11) is 0. The van der Waals surface area contributed by atoms with E-state index >= 15 is 9.59 Å². The zero-order valence-corrected chi connectivity index (χ0v) is 56.4. The Labute approximate surface area is 579 Å². The van der Waals surface area contributed by atoms with Crippen molar-refractivity contribution in [2.45, 2.75) is 82.5 Å². The first kappa shape index (κ1) is 77.6. The maximum absolute atomic E-state index is 15.2.